The van der Waals surface area contributed by atoms with Gasteiger partial charge in [-0.15, -0.1) is 0 Å². The van der Waals surface area contributed by atoms with Crippen LogP contribution >= 0.6 is 0 Å². The predicted molar refractivity (Wildman–Crippen MR) is 72.8 cm³/mol. The summed E-state index contributed by atoms with van der Waals surface area (Å²) in [5.74, 6) is 1.16. The van der Waals surface area contributed by atoms with Crippen LogP contribution in [-0.2, 0) is 10.8 Å². The summed E-state index contributed by atoms with van der Waals surface area (Å²) in [5.41, 5.74) is 1.79. The van der Waals surface area contributed by atoms with Gasteiger partial charge < -0.3 is 0 Å². The van der Waals surface area contributed by atoms with Crippen LogP contribution in [0.4, 0.5) is 0 Å². The van der Waals surface area contributed by atoms with Gasteiger partial charge >= 0.3 is 0 Å². The third-order valence-corrected chi connectivity index (χ3v) is 4.36. The van der Waals surface area contributed by atoms with Crippen LogP contribution in [0.2, 0.25) is 0 Å². The van der Waals surface area contributed by atoms with Gasteiger partial charge in [-0.2, -0.15) is 0 Å². The first-order valence-electron chi connectivity index (χ1n) is 5.97. The molecule has 0 aromatic heterocycles. The molecule has 1 aromatic carbocycles. The SMILES string of the molecule is CCC(C)CS(=O)CC(=O)c1ccc(C)cc1. The molecule has 0 fully saturated rings. The summed E-state index contributed by atoms with van der Waals surface area (Å²) in [6.45, 7) is 6.12. The number of carbonyl (C=O) groups excluding carboxylic acids is 1. The molecule has 0 heterocycles. The van der Waals surface area contributed by atoms with Crippen LogP contribution in [-0.4, -0.2) is 21.5 Å². The third kappa shape index (κ3) is 4.82. The number of benzene rings is 1. The molecule has 3 heteroatoms. The average molecular weight is 252 g/mol. The molecule has 1 rings (SSSR count). The Balaban J connectivity index is 2.54. The standard InChI is InChI=1S/C14H20O2S/c1-4-11(2)9-17(16)10-14(15)13-7-5-12(3)6-8-13/h5-8,11H,4,9-10H2,1-3H3. The zero-order chi connectivity index (χ0) is 12.8. The monoisotopic (exact) mass is 252 g/mol. The van der Waals surface area contributed by atoms with Crippen LogP contribution in [0.15, 0.2) is 24.3 Å². The van der Waals surface area contributed by atoms with E-state index in [4.69, 9.17) is 0 Å². The fourth-order valence-electron chi connectivity index (χ4n) is 1.46. The number of hydrogen-bond acceptors (Lipinski definition) is 2. The molecular weight excluding hydrogens is 232 g/mol. The number of ketones is 1. The lowest BCUT2D eigenvalue weighted by atomic mass is 10.1. The molecule has 0 bridgehead atoms. The van der Waals surface area contributed by atoms with E-state index in [1.54, 1.807) is 12.1 Å². The first-order chi connectivity index (χ1) is 8.02. The van der Waals surface area contributed by atoms with E-state index in [1.165, 1.54) is 0 Å². The van der Waals surface area contributed by atoms with Gasteiger partial charge in [0.05, 0.1) is 5.75 Å². The van der Waals surface area contributed by atoms with Crippen molar-refractivity contribution in [2.75, 3.05) is 11.5 Å². The van der Waals surface area contributed by atoms with E-state index in [9.17, 15) is 9.00 Å². The summed E-state index contributed by atoms with van der Waals surface area (Å²) in [5, 5.41) is 0. The minimum absolute atomic E-state index is 0.0216. The lowest BCUT2D eigenvalue weighted by Gasteiger charge is -2.07. The Bertz CT molecular complexity index is 395. The first kappa shape index (κ1) is 14.1. The van der Waals surface area contributed by atoms with Gasteiger partial charge in [0, 0.05) is 22.1 Å². The second-order valence-corrected chi connectivity index (χ2v) is 6.06. The maximum atomic E-state index is 11.8. The van der Waals surface area contributed by atoms with Crippen molar-refractivity contribution in [2.45, 2.75) is 27.2 Å². The molecule has 17 heavy (non-hydrogen) atoms. The van der Waals surface area contributed by atoms with Crippen LogP contribution in [0.25, 0.3) is 0 Å². The van der Waals surface area contributed by atoms with E-state index < -0.39 is 10.8 Å². The van der Waals surface area contributed by atoms with Crippen molar-refractivity contribution in [3.8, 4) is 0 Å². The molecular formula is C14H20O2S. The molecule has 0 aliphatic rings. The highest BCUT2D eigenvalue weighted by Crippen LogP contribution is 2.07. The molecule has 0 N–H and O–H groups in total. The molecule has 94 valence electrons. The topological polar surface area (TPSA) is 34.1 Å². The molecule has 0 saturated carbocycles. The van der Waals surface area contributed by atoms with Gasteiger partial charge in [-0.3, -0.25) is 9.00 Å². The Hall–Kier alpha value is -0.960. The molecule has 2 nitrogen and oxygen atoms in total. The van der Waals surface area contributed by atoms with E-state index in [1.807, 2.05) is 19.1 Å². The van der Waals surface area contributed by atoms with Gasteiger partial charge in [-0.1, -0.05) is 50.1 Å². The lowest BCUT2D eigenvalue weighted by Crippen LogP contribution is -2.16. The highest BCUT2D eigenvalue weighted by atomic mass is 32.2. The van der Waals surface area contributed by atoms with Crippen LogP contribution in [0, 0.1) is 12.8 Å². The zero-order valence-corrected chi connectivity index (χ0v) is 11.5. The summed E-state index contributed by atoms with van der Waals surface area (Å²) < 4.78 is 11.8. The van der Waals surface area contributed by atoms with Crippen LogP contribution in [0.3, 0.4) is 0 Å². The average Bonchev–Trinajstić information content (AvgIpc) is 2.29. The second-order valence-electron chi connectivity index (χ2n) is 4.55. The normalized spacial score (nSPS) is 14.3. The number of rotatable bonds is 6. The Labute approximate surface area is 106 Å². The van der Waals surface area contributed by atoms with Gasteiger partial charge in [0.15, 0.2) is 5.78 Å². The quantitative estimate of drug-likeness (QED) is 0.729. The van der Waals surface area contributed by atoms with Crippen LogP contribution < -0.4 is 0 Å². The van der Waals surface area contributed by atoms with E-state index >= 15 is 0 Å². The van der Waals surface area contributed by atoms with Crippen molar-refractivity contribution < 1.29 is 9.00 Å². The minimum Gasteiger partial charge on any atom is -0.293 e. The largest absolute Gasteiger partial charge is 0.293 e. The van der Waals surface area contributed by atoms with Crippen molar-refractivity contribution in [3.63, 3.8) is 0 Å². The zero-order valence-electron chi connectivity index (χ0n) is 10.7. The van der Waals surface area contributed by atoms with Crippen molar-refractivity contribution in [1.82, 2.24) is 0 Å². The smallest absolute Gasteiger partial charge is 0.175 e. The molecule has 2 unspecified atom stereocenters. The highest BCUT2D eigenvalue weighted by molar-refractivity contribution is 7.85. The van der Waals surface area contributed by atoms with Crippen LogP contribution in [0.5, 0.6) is 0 Å². The number of Topliss-reactive ketones (excluding diaryl/α,β-unsaturated/α-hetero) is 1. The lowest BCUT2D eigenvalue weighted by molar-refractivity contribution is 0.102. The summed E-state index contributed by atoms with van der Waals surface area (Å²) in [7, 11) is -1.04. The van der Waals surface area contributed by atoms with Gasteiger partial charge in [0.2, 0.25) is 0 Å². The van der Waals surface area contributed by atoms with E-state index in [-0.39, 0.29) is 11.5 Å². The van der Waals surface area contributed by atoms with Gasteiger partial charge in [0.1, 0.15) is 0 Å². The van der Waals surface area contributed by atoms with E-state index in [0.717, 1.165) is 12.0 Å². The maximum Gasteiger partial charge on any atom is 0.175 e. The number of hydrogen-bond donors (Lipinski definition) is 0. The maximum absolute atomic E-state index is 11.8. The fourth-order valence-corrected chi connectivity index (χ4v) is 2.91. The van der Waals surface area contributed by atoms with E-state index in [0.29, 0.717) is 17.2 Å². The summed E-state index contributed by atoms with van der Waals surface area (Å²) in [6.07, 6.45) is 1.00. The van der Waals surface area contributed by atoms with Gasteiger partial charge in [0.25, 0.3) is 0 Å². The van der Waals surface area contributed by atoms with Crippen molar-refractivity contribution >= 4 is 16.6 Å². The van der Waals surface area contributed by atoms with Crippen molar-refractivity contribution in [3.05, 3.63) is 35.4 Å². The molecule has 0 aliphatic carbocycles. The number of carbonyl (C=O) groups is 1. The summed E-state index contributed by atoms with van der Waals surface area (Å²) in [4.78, 5) is 11.8. The third-order valence-electron chi connectivity index (χ3n) is 2.83. The van der Waals surface area contributed by atoms with Crippen LogP contribution in [0.1, 0.15) is 36.2 Å². The van der Waals surface area contributed by atoms with E-state index in [2.05, 4.69) is 13.8 Å². The Morgan fingerprint density at radius 3 is 2.41 bits per heavy atom. The summed E-state index contributed by atoms with van der Waals surface area (Å²) >= 11 is 0. The molecule has 1 aromatic rings. The molecule has 0 radical (unpaired) electrons. The minimum atomic E-state index is -1.04. The van der Waals surface area contributed by atoms with Crippen molar-refractivity contribution in [1.29, 1.82) is 0 Å². The highest BCUT2D eigenvalue weighted by Gasteiger charge is 2.12. The predicted octanol–water partition coefficient (Wildman–Crippen LogP) is 2.97. The Morgan fingerprint density at radius 1 is 1.29 bits per heavy atom. The van der Waals surface area contributed by atoms with Gasteiger partial charge in [-0.05, 0) is 12.8 Å². The fraction of sp³-hybridized carbons (Fsp3) is 0.500. The molecule has 2 atom stereocenters. The molecule has 0 spiro atoms. The second kappa shape index (κ2) is 6.70. The molecule has 0 saturated heterocycles. The van der Waals surface area contributed by atoms with Crippen molar-refractivity contribution in [2.24, 2.45) is 5.92 Å². The number of aryl methyl sites for hydroxylation is 1. The molecule has 0 amide bonds. The first-order valence-corrected chi connectivity index (χ1v) is 7.46. The molecule has 0 aliphatic heterocycles. The summed E-state index contributed by atoms with van der Waals surface area (Å²) in [6, 6.07) is 7.42. The van der Waals surface area contributed by atoms with Gasteiger partial charge in [-0.25, -0.2) is 0 Å². The Kier molecular flexibility index (Phi) is 5.56. The Morgan fingerprint density at radius 2 is 1.88 bits per heavy atom.